The third kappa shape index (κ3) is 5.68. The molecule has 1 aliphatic rings. The Balaban J connectivity index is 1.45. The van der Waals surface area contributed by atoms with E-state index in [0.29, 0.717) is 45.8 Å². The summed E-state index contributed by atoms with van der Waals surface area (Å²) in [7, 11) is 3.35. The molecule has 3 heterocycles. The number of nitrogens with zero attached hydrogens (tertiary/aromatic N) is 4. The molecular formula is C24H29N5O4S. The van der Waals surface area contributed by atoms with Gasteiger partial charge in [0.1, 0.15) is 5.75 Å². The average Bonchev–Trinajstić information content (AvgIpc) is 3.30. The molecule has 1 fully saturated rings. The number of ether oxygens (including phenoxy) is 3. The Morgan fingerprint density at radius 1 is 1.03 bits per heavy atom. The number of carbonyl (C=O) groups is 1. The number of pyridine rings is 2. The van der Waals surface area contributed by atoms with Crippen LogP contribution in [0.3, 0.4) is 0 Å². The fourth-order valence-corrected chi connectivity index (χ4v) is 4.69. The van der Waals surface area contributed by atoms with Gasteiger partial charge >= 0.3 is 0 Å². The van der Waals surface area contributed by atoms with Crippen molar-refractivity contribution in [2.45, 2.75) is 45.6 Å². The highest BCUT2D eigenvalue weighted by molar-refractivity contribution is 7.17. The lowest BCUT2D eigenvalue weighted by molar-refractivity contribution is 0.0481. The van der Waals surface area contributed by atoms with E-state index in [1.165, 1.54) is 11.3 Å². The number of hydrogen-bond donors (Lipinski definition) is 1. The maximum Gasteiger partial charge on any atom is 0.295 e. The second kappa shape index (κ2) is 10.9. The zero-order valence-electron chi connectivity index (χ0n) is 19.8. The van der Waals surface area contributed by atoms with E-state index in [4.69, 9.17) is 14.2 Å². The third-order valence-corrected chi connectivity index (χ3v) is 6.75. The van der Waals surface area contributed by atoms with Gasteiger partial charge in [-0.05, 0) is 68.9 Å². The molecule has 1 saturated carbocycles. The second-order valence-corrected chi connectivity index (χ2v) is 9.35. The van der Waals surface area contributed by atoms with Crippen molar-refractivity contribution < 1.29 is 19.0 Å². The van der Waals surface area contributed by atoms with Gasteiger partial charge in [0, 0.05) is 35.8 Å². The first kappa shape index (κ1) is 24.0. The van der Waals surface area contributed by atoms with Gasteiger partial charge in [0.25, 0.3) is 11.1 Å². The minimum atomic E-state index is -0.334. The molecule has 0 radical (unpaired) electrons. The Labute approximate surface area is 202 Å². The molecule has 3 aromatic rings. The van der Waals surface area contributed by atoms with Crippen LogP contribution in [0, 0.1) is 19.8 Å². The molecule has 1 amide bonds. The molecule has 0 unspecified atom stereocenters. The Morgan fingerprint density at radius 2 is 1.74 bits per heavy atom. The fourth-order valence-electron chi connectivity index (χ4n) is 4.09. The van der Waals surface area contributed by atoms with Gasteiger partial charge in [0.2, 0.25) is 5.13 Å². The molecule has 1 N–H and O–H groups in total. The van der Waals surface area contributed by atoms with Crippen molar-refractivity contribution in [3.05, 3.63) is 41.5 Å². The highest BCUT2D eigenvalue weighted by Gasteiger charge is 2.22. The molecule has 1 aliphatic carbocycles. The number of carbonyl (C=O) groups excluding carboxylic acids is 1. The number of aryl methyl sites for hydroxylation is 2. The smallest absolute Gasteiger partial charge is 0.295 e. The highest BCUT2D eigenvalue weighted by atomic mass is 32.1. The van der Waals surface area contributed by atoms with Crippen LogP contribution in [-0.2, 0) is 4.74 Å². The topological polar surface area (TPSA) is 108 Å². The van der Waals surface area contributed by atoms with Gasteiger partial charge < -0.3 is 14.2 Å². The molecule has 4 rings (SSSR count). The first-order chi connectivity index (χ1) is 16.5. The van der Waals surface area contributed by atoms with Crippen molar-refractivity contribution in [3.63, 3.8) is 0 Å². The van der Waals surface area contributed by atoms with Gasteiger partial charge in [0.15, 0.2) is 0 Å². The maximum absolute atomic E-state index is 13.2. The van der Waals surface area contributed by atoms with Crippen LogP contribution in [0.15, 0.2) is 24.5 Å². The zero-order valence-corrected chi connectivity index (χ0v) is 20.6. The minimum absolute atomic E-state index is 0.334. The average molecular weight is 484 g/mol. The van der Waals surface area contributed by atoms with Crippen LogP contribution < -0.4 is 14.8 Å². The summed E-state index contributed by atoms with van der Waals surface area (Å²) in [6.07, 6.45) is 7.82. The number of anilines is 1. The number of amides is 1. The lowest BCUT2D eigenvalue weighted by atomic mass is 9.88. The Hall–Kier alpha value is -3.11. The summed E-state index contributed by atoms with van der Waals surface area (Å²) in [5.41, 5.74) is 3.49. The molecule has 0 saturated heterocycles. The van der Waals surface area contributed by atoms with E-state index in [0.717, 1.165) is 42.6 Å². The molecule has 3 aromatic heterocycles. The van der Waals surface area contributed by atoms with Gasteiger partial charge in [-0.1, -0.05) is 5.10 Å². The van der Waals surface area contributed by atoms with Crippen LogP contribution in [0.2, 0.25) is 0 Å². The van der Waals surface area contributed by atoms with Crippen LogP contribution in [0.5, 0.6) is 10.9 Å². The lowest BCUT2D eigenvalue weighted by Gasteiger charge is -2.26. The van der Waals surface area contributed by atoms with E-state index in [-0.39, 0.29) is 5.91 Å². The summed E-state index contributed by atoms with van der Waals surface area (Å²) in [4.78, 5) is 21.8. The largest absolute Gasteiger partial charge is 0.494 e. The number of rotatable bonds is 8. The molecule has 0 spiro atoms. The SMILES string of the molecule is COc1cnc(C)cc1-c1cc(C)ncc1C(=O)Nc1nnc(OCC2CCC(OC)CC2)s1. The predicted octanol–water partition coefficient (Wildman–Crippen LogP) is 4.46. The van der Waals surface area contributed by atoms with E-state index < -0.39 is 0 Å². The van der Waals surface area contributed by atoms with E-state index in [2.05, 4.69) is 25.5 Å². The van der Waals surface area contributed by atoms with Crippen molar-refractivity contribution in [2.24, 2.45) is 5.92 Å². The molecule has 0 aliphatic heterocycles. The minimum Gasteiger partial charge on any atom is -0.494 e. The monoisotopic (exact) mass is 483 g/mol. The van der Waals surface area contributed by atoms with E-state index in [9.17, 15) is 4.79 Å². The van der Waals surface area contributed by atoms with Crippen LogP contribution in [0.1, 0.15) is 47.4 Å². The van der Waals surface area contributed by atoms with Crippen molar-refractivity contribution in [3.8, 4) is 22.1 Å². The maximum atomic E-state index is 13.2. The summed E-state index contributed by atoms with van der Waals surface area (Å²) in [6, 6.07) is 3.75. The van der Waals surface area contributed by atoms with Crippen LogP contribution in [-0.4, -0.2) is 53.0 Å². The summed E-state index contributed by atoms with van der Waals surface area (Å²) < 4.78 is 16.8. The number of hydrogen-bond acceptors (Lipinski definition) is 9. The third-order valence-electron chi connectivity index (χ3n) is 6.00. The van der Waals surface area contributed by atoms with Gasteiger partial charge in [-0.25, -0.2) is 0 Å². The van der Waals surface area contributed by atoms with E-state index >= 15 is 0 Å². The van der Waals surface area contributed by atoms with Crippen molar-refractivity contribution in [2.75, 3.05) is 26.1 Å². The Kier molecular flexibility index (Phi) is 7.69. The molecule has 0 atom stereocenters. The van der Waals surface area contributed by atoms with Gasteiger partial charge in [-0.2, -0.15) is 0 Å². The van der Waals surface area contributed by atoms with Crippen molar-refractivity contribution in [1.82, 2.24) is 20.2 Å². The van der Waals surface area contributed by atoms with Crippen molar-refractivity contribution >= 4 is 22.4 Å². The van der Waals surface area contributed by atoms with E-state index in [1.807, 2.05) is 26.0 Å². The standard InChI is InChI=1S/C24H29N5O4S/c1-14-9-18(19-10-15(2)26-12-21(19)32-4)20(11-25-14)22(30)27-23-28-29-24(34-23)33-13-16-5-7-17(31-3)8-6-16/h9-12,16-17H,5-8,13H2,1-4H3,(H,27,28,30). The van der Waals surface area contributed by atoms with Gasteiger partial charge in [-0.15, -0.1) is 5.10 Å². The zero-order chi connectivity index (χ0) is 24.1. The highest BCUT2D eigenvalue weighted by Crippen LogP contribution is 2.34. The molecule has 0 bridgehead atoms. The summed E-state index contributed by atoms with van der Waals surface area (Å²) in [6.45, 7) is 4.36. The van der Waals surface area contributed by atoms with Crippen LogP contribution >= 0.6 is 11.3 Å². The molecule has 0 aromatic carbocycles. The first-order valence-electron chi connectivity index (χ1n) is 11.2. The normalized spacial score (nSPS) is 17.9. The number of aromatic nitrogens is 4. The lowest BCUT2D eigenvalue weighted by Crippen LogP contribution is -2.24. The molecule has 34 heavy (non-hydrogen) atoms. The van der Waals surface area contributed by atoms with Gasteiger partial charge in [-0.3, -0.25) is 20.1 Å². The fraction of sp³-hybridized carbons (Fsp3) is 0.458. The first-order valence-corrected chi connectivity index (χ1v) is 12.1. The predicted molar refractivity (Wildman–Crippen MR) is 130 cm³/mol. The van der Waals surface area contributed by atoms with E-state index in [1.54, 1.807) is 26.6 Å². The van der Waals surface area contributed by atoms with Crippen LogP contribution in [0.25, 0.3) is 11.1 Å². The number of methoxy groups -OCH3 is 2. The summed E-state index contributed by atoms with van der Waals surface area (Å²) in [5.74, 6) is 0.726. The van der Waals surface area contributed by atoms with Crippen LogP contribution in [0.4, 0.5) is 5.13 Å². The molecule has 180 valence electrons. The number of nitrogens with one attached hydrogen (secondary N) is 1. The molecule has 9 nitrogen and oxygen atoms in total. The van der Waals surface area contributed by atoms with Gasteiger partial charge in [0.05, 0.1) is 31.6 Å². The second-order valence-electron chi connectivity index (χ2n) is 8.41. The quantitative estimate of drug-likeness (QED) is 0.500. The molecular weight excluding hydrogens is 454 g/mol. The summed E-state index contributed by atoms with van der Waals surface area (Å²) in [5, 5.41) is 11.8. The molecule has 10 heteroatoms. The van der Waals surface area contributed by atoms with Crippen molar-refractivity contribution in [1.29, 1.82) is 0 Å². The summed E-state index contributed by atoms with van der Waals surface area (Å²) >= 11 is 1.21. The Morgan fingerprint density at radius 3 is 2.44 bits per heavy atom. The Bertz CT molecular complexity index is 1140.